The van der Waals surface area contributed by atoms with Crippen molar-refractivity contribution < 1.29 is 0 Å². The van der Waals surface area contributed by atoms with Gasteiger partial charge in [0.05, 0.1) is 0 Å². The van der Waals surface area contributed by atoms with Crippen molar-refractivity contribution in [3.63, 3.8) is 0 Å². The summed E-state index contributed by atoms with van der Waals surface area (Å²) in [5.41, 5.74) is 1.46. The Bertz CT molecular complexity index is 281. The Morgan fingerprint density at radius 1 is 1.20 bits per heavy atom. The molecule has 0 spiro atoms. The number of unbranched alkanes of at least 4 members (excludes halogenated alkanes) is 1. The molecule has 2 atom stereocenters. The lowest BCUT2D eigenvalue weighted by molar-refractivity contribution is 0.502. The normalized spacial score (nSPS) is 25.7. The molecule has 1 heterocycles. The van der Waals surface area contributed by atoms with Gasteiger partial charge in [0.2, 0.25) is 0 Å². The van der Waals surface area contributed by atoms with Crippen LogP contribution in [-0.4, -0.2) is 6.04 Å². The zero-order chi connectivity index (χ0) is 10.5. The van der Waals surface area contributed by atoms with Crippen molar-refractivity contribution >= 4 is 0 Å². The van der Waals surface area contributed by atoms with E-state index < -0.39 is 0 Å². The van der Waals surface area contributed by atoms with Gasteiger partial charge < -0.3 is 5.32 Å². The van der Waals surface area contributed by atoms with Gasteiger partial charge >= 0.3 is 0 Å². The van der Waals surface area contributed by atoms with Gasteiger partial charge in [-0.05, 0) is 24.8 Å². The Morgan fingerprint density at radius 3 is 2.73 bits per heavy atom. The first-order chi connectivity index (χ1) is 7.40. The van der Waals surface area contributed by atoms with Crippen molar-refractivity contribution in [1.82, 2.24) is 5.32 Å². The van der Waals surface area contributed by atoms with Gasteiger partial charge in [-0.25, -0.2) is 0 Å². The Balaban J connectivity index is 1.87. The average Bonchev–Trinajstić information content (AvgIpc) is 2.76. The fourth-order valence-electron chi connectivity index (χ4n) is 2.45. The van der Waals surface area contributed by atoms with Crippen LogP contribution in [0.3, 0.4) is 0 Å². The SMILES string of the molecule is CCCC[C@@H]1CC[C@@H](c2ccccc2)N1. The number of rotatable bonds is 4. The van der Waals surface area contributed by atoms with Crippen LogP contribution in [0.1, 0.15) is 50.6 Å². The largest absolute Gasteiger partial charge is 0.307 e. The number of hydrogen-bond acceptors (Lipinski definition) is 1. The van der Waals surface area contributed by atoms with Gasteiger partial charge in [-0.2, -0.15) is 0 Å². The van der Waals surface area contributed by atoms with Gasteiger partial charge in [-0.1, -0.05) is 50.1 Å². The monoisotopic (exact) mass is 203 g/mol. The zero-order valence-corrected chi connectivity index (χ0v) is 9.58. The van der Waals surface area contributed by atoms with Gasteiger partial charge in [0, 0.05) is 12.1 Å². The van der Waals surface area contributed by atoms with E-state index in [1.165, 1.54) is 37.7 Å². The van der Waals surface area contributed by atoms with Crippen molar-refractivity contribution in [2.24, 2.45) is 0 Å². The molecule has 0 radical (unpaired) electrons. The molecule has 0 amide bonds. The maximum atomic E-state index is 3.74. The van der Waals surface area contributed by atoms with E-state index in [0.29, 0.717) is 6.04 Å². The van der Waals surface area contributed by atoms with Crippen molar-refractivity contribution in [2.75, 3.05) is 0 Å². The van der Waals surface area contributed by atoms with Crippen LogP contribution in [0.25, 0.3) is 0 Å². The lowest BCUT2D eigenvalue weighted by Gasteiger charge is -2.14. The van der Waals surface area contributed by atoms with Gasteiger partial charge in [0.25, 0.3) is 0 Å². The Hall–Kier alpha value is -0.820. The molecular formula is C14H21N. The highest BCUT2D eigenvalue weighted by Gasteiger charge is 2.23. The van der Waals surface area contributed by atoms with Crippen molar-refractivity contribution in [3.05, 3.63) is 35.9 Å². The van der Waals surface area contributed by atoms with E-state index >= 15 is 0 Å². The van der Waals surface area contributed by atoms with Crippen LogP contribution >= 0.6 is 0 Å². The van der Waals surface area contributed by atoms with Crippen molar-refractivity contribution in [3.8, 4) is 0 Å². The third-order valence-electron chi connectivity index (χ3n) is 3.35. The lowest BCUT2D eigenvalue weighted by Crippen LogP contribution is -2.23. The Labute approximate surface area is 92.9 Å². The molecule has 0 unspecified atom stereocenters. The molecule has 1 N–H and O–H groups in total. The predicted molar refractivity (Wildman–Crippen MR) is 64.9 cm³/mol. The molecule has 2 rings (SSSR count). The number of nitrogens with one attached hydrogen (secondary N) is 1. The molecule has 1 aliphatic rings. The van der Waals surface area contributed by atoms with E-state index in [2.05, 4.69) is 42.6 Å². The highest BCUT2D eigenvalue weighted by Crippen LogP contribution is 2.28. The average molecular weight is 203 g/mol. The maximum absolute atomic E-state index is 3.74. The molecule has 1 aromatic carbocycles. The molecule has 1 saturated heterocycles. The fraction of sp³-hybridized carbons (Fsp3) is 0.571. The summed E-state index contributed by atoms with van der Waals surface area (Å²) >= 11 is 0. The predicted octanol–water partition coefficient (Wildman–Crippen LogP) is 3.67. The molecule has 15 heavy (non-hydrogen) atoms. The molecule has 1 nitrogen and oxygen atoms in total. The van der Waals surface area contributed by atoms with E-state index in [1.807, 2.05) is 0 Å². The quantitative estimate of drug-likeness (QED) is 0.787. The second-order valence-corrected chi connectivity index (χ2v) is 4.55. The standard InChI is InChI=1S/C14H21N/c1-2-3-9-13-10-11-14(15-13)12-7-5-4-6-8-12/h4-8,13-15H,2-3,9-11H2,1H3/t13-,14+/m1/s1. The summed E-state index contributed by atoms with van der Waals surface area (Å²) in [5.74, 6) is 0. The summed E-state index contributed by atoms with van der Waals surface area (Å²) in [6.07, 6.45) is 6.67. The Kier molecular flexibility index (Phi) is 3.79. The summed E-state index contributed by atoms with van der Waals surface area (Å²) in [7, 11) is 0. The van der Waals surface area contributed by atoms with E-state index in [4.69, 9.17) is 0 Å². The number of hydrogen-bond donors (Lipinski definition) is 1. The first kappa shape index (κ1) is 10.7. The topological polar surface area (TPSA) is 12.0 Å². The summed E-state index contributed by atoms with van der Waals surface area (Å²) in [6, 6.07) is 12.2. The molecule has 0 bridgehead atoms. The highest BCUT2D eigenvalue weighted by atomic mass is 15.0. The van der Waals surface area contributed by atoms with E-state index in [-0.39, 0.29) is 0 Å². The summed E-state index contributed by atoms with van der Waals surface area (Å²) in [5, 5.41) is 3.74. The van der Waals surface area contributed by atoms with Crippen LogP contribution in [0, 0.1) is 0 Å². The highest BCUT2D eigenvalue weighted by molar-refractivity contribution is 5.20. The summed E-state index contributed by atoms with van der Waals surface area (Å²) in [6.45, 7) is 2.27. The fourth-order valence-corrected chi connectivity index (χ4v) is 2.45. The second kappa shape index (κ2) is 5.32. The summed E-state index contributed by atoms with van der Waals surface area (Å²) < 4.78 is 0. The zero-order valence-electron chi connectivity index (χ0n) is 9.58. The molecule has 82 valence electrons. The van der Waals surface area contributed by atoms with Gasteiger partial charge in [0.15, 0.2) is 0 Å². The number of benzene rings is 1. The van der Waals surface area contributed by atoms with Crippen LogP contribution in [0.15, 0.2) is 30.3 Å². The van der Waals surface area contributed by atoms with Gasteiger partial charge in [-0.3, -0.25) is 0 Å². The van der Waals surface area contributed by atoms with Crippen molar-refractivity contribution in [2.45, 2.75) is 51.1 Å². The van der Waals surface area contributed by atoms with Crippen LogP contribution in [0.2, 0.25) is 0 Å². The minimum absolute atomic E-state index is 0.605. The molecule has 0 aromatic heterocycles. The van der Waals surface area contributed by atoms with E-state index in [0.717, 1.165) is 6.04 Å². The van der Waals surface area contributed by atoms with Crippen LogP contribution < -0.4 is 5.32 Å². The molecule has 1 aliphatic heterocycles. The maximum Gasteiger partial charge on any atom is 0.0323 e. The lowest BCUT2D eigenvalue weighted by atomic mass is 10.1. The molecule has 1 aromatic rings. The van der Waals surface area contributed by atoms with E-state index in [9.17, 15) is 0 Å². The van der Waals surface area contributed by atoms with Crippen LogP contribution in [-0.2, 0) is 0 Å². The molecule has 0 saturated carbocycles. The minimum Gasteiger partial charge on any atom is -0.307 e. The third kappa shape index (κ3) is 2.82. The van der Waals surface area contributed by atoms with Gasteiger partial charge in [0.1, 0.15) is 0 Å². The van der Waals surface area contributed by atoms with Crippen LogP contribution in [0.4, 0.5) is 0 Å². The molecular weight excluding hydrogens is 182 g/mol. The second-order valence-electron chi connectivity index (χ2n) is 4.55. The van der Waals surface area contributed by atoms with Gasteiger partial charge in [-0.15, -0.1) is 0 Å². The minimum atomic E-state index is 0.605. The molecule has 1 heteroatoms. The third-order valence-corrected chi connectivity index (χ3v) is 3.35. The van der Waals surface area contributed by atoms with E-state index in [1.54, 1.807) is 0 Å². The first-order valence-corrected chi connectivity index (χ1v) is 6.21. The smallest absolute Gasteiger partial charge is 0.0323 e. The molecule has 0 aliphatic carbocycles. The molecule has 1 fully saturated rings. The first-order valence-electron chi connectivity index (χ1n) is 6.21. The van der Waals surface area contributed by atoms with Crippen molar-refractivity contribution in [1.29, 1.82) is 0 Å². The van der Waals surface area contributed by atoms with Crippen LogP contribution in [0.5, 0.6) is 0 Å². The Morgan fingerprint density at radius 2 is 2.00 bits per heavy atom. The summed E-state index contributed by atoms with van der Waals surface area (Å²) in [4.78, 5) is 0.